The molecule has 0 saturated carbocycles. The van der Waals surface area contributed by atoms with Crippen LogP contribution in [-0.2, 0) is 14.4 Å². The molecule has 2 aromatic rings. The highest BCUT2D eigenvalue weighted by molar-refractivity contribution is 9.10. The molecule has 2 aromatic carbocycles. The quantitative estimate of drug-likeness (QED) is 0.755. The number of fused-ring (bicyclic) bond motifs is 1. The number of aromatic hydroxyl groups is 1. The second-order valence-corrected chi connectivity index (χ2v) is 7.92. The number of halogens is 1. The number of hydrogen-bond donors (Lipinski definition) is 1. The molecule has 2 aliphatic heterocycles. The maximum absolute atomic E-state index is 13.1. The molecule has 2 saturated heterocycles. The van der Waals surface area contributed by atoms with Crippen molar-refractivity contribution in [3.05, 3.63) is 58.6 Å². The number of carbonyl (C=O) groups excluding carboxylic acids is 2. The van der Waals surface area contributed by atoms with Crippen LogP contribution in [-0.4, -0.2) is 34.0 Å². The van der Waals surface area contributed by atoms with Crippen molar-refractivity contribution in [2.75, 3.05) is 5.06 Å². The third kappa shape index (κ3) is 2.82. The monoisotopic (exact) mass is 430 g/mol. The summed E-state index contributed by atoms with van der Waals surface area (Å²) >= 11 is 3.42. The van der Waals surface area contributed by atoms with Crippen LogP contribution in [0, 0.1) is 5.92 Å². The first-order valence-corrected chi connectivity index (χ1v) is 9.56. The Morgan fingerprint density at radius 2 is 1.78 bits per heavy atom. The number of rotatable bonds is 3. The average molecular weight is 431 g/mol. The maximum Gasteiger partial charge on any atom is 0.262 e. The van der Waals surface area contributed by atoms with E-state index >= 15 is 0 Å². The van der Waals surface area contributed by atoms with Gasteiger partial charge in [-0.2, -0.15) is 0 Å². The number of imide groups is 1. The summed E-state index contributed by atoms with van der Waals surface area (Å²) in [5.41, 5.74) is 1.25. The molecule has 2 fully saturated rings. The number of hydroxylamine groups is 1. The smallest absolute Gasteiger partial charge is 0.262 e. The van der Waals surface area contributed by atoms with Crippen molar-refractivity contribution in [3.63, 3.8) is 0 Å². The van der Waals surface area contributed by atoms with E-state index in [1.165, 1.54) is 4.90 Å². The zero-order valence-electron chi connectivity index (χ0n) is 14.9. The number of phenols is 1. The summed E-state index contributed by atoms with van der Waals surface area (Å²) in [6, 6.07) is 13.5. The topological polar surface area (TPSA) is 70.1 Å². The molecule has 0 aliphatic carbocycles. The van der Waals surface area contributed by atoms with Crippen LogP contribution in [0.4, 0.5) is 5.69 Å². The third-order valence-corrected chi connectivity index (χ3v) is 5.48. The molecule has 4 rings (SSSR count). The molecule has 1 N–H and O–H groups in total. The number of likely N-dealkylation sites (tertiary alicyclic amines) is 1. The van der Waals surface area contributed by atoms with E-state index < -0.39 is 18.1 Å². The van der Waals surface area contributed by atoms with Crippen molar-refractivity contribution in [2.45, 2.75) is 32.0 Å². The number of carbonyl (C=O) groups is 2. The highest BCUT2D eigenvalue weighted by Gasteiger charge is 2.60. The Hall–Kier alpha value is -2.38. The average Bonchev–Trinajstić information content (AvgIpc) is 3.14. The van der Waals surface area contributed by atoms with Crippen molar-refractivity contribution >= 4 is 33.4 Å². The zero-order chi connectivity index (χ0) is 19.3. The Balaban J connectivity index is 1.85. The van der Waals surface area contributed by atoms with Crippen LogP contribution in [0.2, 0.25) is 0 Å². The normalized spacial score (nSPS) is 24.8. The molecular weight excluding hydrogens is 412 g/mol. The van der Waals surface area contributed by atoms with Crippen molar-refractivity contribution in [3.8, 4) is 5.75 Å². The first-order valence-electron chi connectivity index (χ1n) is 8.76. The molecule has 6 nitrogen and oxygen atoms in total. The van der Waals surface area contributed by atoms with E-state index in [0.29, 0.717) is 11.3 Å². The molecule has 2 aliphatic rings. The molecular formula is C20H19BrN2O4. The van der Waals surface area contributed by atoms with Gasteiger partial charge in [0.15, 0.2) is 6.10 Å². The molecule has 3 atom stereocenters. The lowest BCUT2D eigenvalue weighted by molar-refractivity contribution is -0.145. The van der Waals surface area contributed by atoms with Gasteiger partial charge < -0.3 is 5.11 Å². The van der Waals surface area contributed by atoms with Gasteiger partial charge >= 0.3 is 0 Å². The molecule has 2 heterocycles. The van der Waals surface area contributed by atoms with Gasteiger partial charge in [-0.15, -0.1) is 0 Å². The molecule has 0 bridgehead atoms. The standard InChI is InChI=1S/C20H19BrN2O4/c1-11(2)22-19(25)16-17(14-10-12(21)8-9-15(14)24)23(27-18(16)20(22)26)13-6-4-3-5-7-13/h3-11,16-18,24H,1-2H3. The van der Waals surface area contributed by atoms with Crippen LogP contribution in [0.3, 0.4) is 0 Å². The van der Waals surface area contributed by atoms with E-state index in [0.717, 1.165) is 4.47 Å². The van der Waals surface area contributed by atoms with Gasteiger partial charge in [0.05, 0.1) is 11.7 Å². The number of para-hydroxylation sites is 1. The number of nitrogens with zero attached hydrogens (tertiary/aromatic N) is 2. The molecule has 0 radical (unpaired) electrons. The Kier molecular flexibility index (Phi) is 4.44. The first-order chi connectivity index (χ1) is 12.9. The Morgan fingerprint density at radius 1 is 1.07 bits per heavy atom. The van der Waals surface area contributed by atoms with Crippen LogP contribution in [0.25, 0.3) is 0 Å². The van der Waals surface area contributed by atoms with E-state index in [1.54, 1.807) is 37.1 Å². The fourth-order valence-electron chi connectivity index (χ4n) is 3.82. The second-order valence-electron chi connectivity index (χ2n) is 7.00. The molecule has 0 spiro atoms. The highest BCUT2D eigenvalue weighted by Crippen LogP contribution is 2.49. The zero-order valence-corrected chi connectivity index (χ0v) is 16.5. The number of benzene rings is 2. The van der Waals surface area contributed by atoms with E-state index in [9.17, 15) is 14.7 Å². The fraction of sp³-hybridized carbons (Fsp3) is 0.300. The predicted molar refractivity (Wildman–Crippen MR) is 103 cm³/mol. The van der Waals surface area contributed by atoms with E-state index in [1.807, 2.05) is 30.3 Å². The van der Waals surface area contributed by atoms with Gasteiger partial charge in [0.1, 0.15) is 11.7 Å². The Bertz CT molecular complexity index is 902. The Labute approximate surface area is 165 Å². The third-order valence-electron chi connectivity index (χ3n) is 4.98. The van der Waals surface area contributed by atoms with Crippen molar-refractivity contribution in [1.29, 1.82) is 0 Å². The van der Waals surface area contributed by atoms with Crippen LogP contribution in [0.15, 0.2) is 53.0 Å². The minimum Gasteiger partial charge on any atom is -0.508 e. The van der Waals surface area contributed by atoms with Crippen LogP contribution < -0.4 is 5.06 Å². The van der Waals surface area contributed by atoms with Gasteiger partial charge in [0.2, 0.25) is 5.91 Å². The van der Waals surface area contributed by atoms with Crippen LogP contribution in [0.5, 0.6) is 5.75 Å². The SMILES string of the molecule is CC(C)N1C(=O)C2ON(c3ccccc3)C(c3cc(Br)ccc3O)C2C1=O. The molecule has 7 heteroatoms. The van der Waals surface area contributed by atoms with Gasteiger partial charge in [-0.3, -0.25) is 19.3 Å². The summed E-state index contributed by atoms with van der Waals surface area (Å²) < 4.78 is 0.768. The van der Waals surface area contributed by atoms with E-state index in [-0.39, 0.29) is 23.6 Å². The fourth-order valence-corrected chi connectivity index (χ4v) is 4.20. The minimum absolute atomic E-state index is 0.0524. The summed E-state index contributed by atoms with van der Waals surface area (Å²) in [6.07, 6.45) is -0.900. The van der Waals surface area contributed by atoms with Gasteiger partial charge in [-0.1, -0.05) is 34.1 Å². The summed E-state index contributed by atoms with van der Waals surface area (Å²) in [4.78, 5) is 33.2. The largest absolute Gasteiger partial charge is 0.508 e. The van der Waals surface area contributed by atoms with Gasteiger partial charge in [0, 0.05) is 16.1 Å². The van der Waals surface area contributed by atoms with Crippen LogP contribution >= 0.6 is 15.9 Å². The summed E-state index contributed by atoms with van der Waals surface area (Å²) in [5.74, 6) is -1.28. The van der Waals surface area contributed by atoms with Crippen molar-refractivity contribution < 1.29 is 19.5 Å². The molecule has 3 unspecified atom stereocenters. The lowest BCUT2D eigenvalue weighted by Crippen LogP contribution is -2.41. The number of phenolic OH excluding ortho intramolecular Hbond substituents is 1. The lowest BCUT2D eigenvalue weighted by Gasteiger charge is -2.30. The molecule has 2 amide bonds. The summed E-state index contributed by atoms with van der Waals surface area (Å²) in [7, 11) is 0. The number of anilines is 1. The van der Waals surface area contributed by atoms with Crippen LogP contribution in [0.1, 0.15) is 25.5 Å². The minimum atomic E-state index is -0.900. The number of hydrogen-bond acceptors (Lipinski definition) is 5. The van der Waals surface area contributed by atoms with E-state index in [4.69, 9.17) is 4.84 Å². The maximum atomic E-state index is 13.1. The van der Waals surface area contributed by atoms with E-state index in [2.05, 4.69) is 15.9 Å². The van der Waals surface area contributed by atoms with Gasteiger partial charge in [-0.05, 0) is 44.2 Å². The highest BCUT2D eigenvalue weighted by atomic mass is 79.9. The van der Waals surface area contributed by atoms with Crippen molar-refractivity contribution in [1.82, 2.24) is 4.90 Å². The second kappa shape index (κ2) is 6.65. The van der Waals surface area contributed by atoms with Gasteiger partial charge in [0.25, 0.3) is 5.91 Å². The Morgan fingerprint density at radius 3 is 2.44 bits per heavy atom. The summed E-state index contributed by atoms with van der Waals surface area (Å²) in [6.45, 7) is 3.61. The summed E-state index contributed by atoms with van der Waals surface area (Å²) in [5, 5.41) is 12.1. The molecule has 27 heavy (non-hydrogen) atoms. The molecule has 0 aromatic heterocycles. The number of amides is 2. The van der Waals surface area contributed by atoms with Gasteiger partial charge in [-0.25, -0.2) is 5.06 Å². The predicted octanol–water partition coefficient (Wildman–Crippen LogP) is 3.41. The molecule has 140 valence electrons. The van der Waals surface area contributed by atoms with Crippen molar-refractivity contribution in [2.24, 2.45) is 5.92 Å². The lowest BCUT2D eigenvalue weighted by atomic mass is 9.90. The first kappa shape index (κ1) is 18.0.